The fraction of sp³-hybridized carbons (Fsp3) is 0.647. The van der Waals surface area contributed by atoms with Crippen LogP contribution in [-0.4, -0.2) is 48.3 Å². The van der Waals surface area contributed by atoms with Gasteiger partial charge < -0.3 is 15.7 Å². The average Bonchev–Trinajstić information content (AvgIpc) is 2.46. The lowest BCUT2D eigenvalue weighted by Crippen LogP contribution is -2.50. The van der Waals surface area contributed by atoms with Crippen LogP contribution >= 0.6 is 0 Å². The van der Waals surface area contributed by atoms with Gasteiger partial charge in [-0.1, -0.05) is 19.1 Å². The Bertz CT molecular complexity index is 430. The molecule has 1 atom stereocenters. The zero-order valence-corrected chi connectivity index (χ0v) is 13.5. The van der Waals surface area contributed by atoms with Gasteiger partial charge in [0, 0.05) is 44.5 Å². The van der Waals surface area contributed by atoms with Gasteiger partial charge in [-0.25, -0.2) is 0 Å². The quantitative estimate of drug-likeness (QED) is 0.871. The molecule has 3 N–H and O–H groups in total. The van der Waals surface area contributed by atoms with Crippen molar-refractivity contribution in [2.45, 2.75) is 38.8 Å². The topological polar surface area (TPSA) is 52.7 Å². The maximum absolute atomic E-state index is 9.89. The first kappa shape index (κ1) is 16.3. The predicted molar refractivity (Wildman–Crippen MR) is 88.6 cm³/mol. The van der Waals surface area contributed by atoms with Crippen LogP contribution in [0.15, 0.2) is 24.3 Å². The number of aliphatic hydroxyl groups is 1. The molecule has 1 aliphatic rings. The van der Waals surface area contributed by atoms with Gasteiger partial charge in [0.1, 0.15) is 0 Å². The third-order valence-electron chi connectivity index (χ3n) is 4.11. The van der Waals surface area contributed by atoms with Crippen LogP contribution in [0.25, 0.3) is 0 Å². The molecule has 2 rings (SSSR count). The van der Waals surface area contributed by atoms with Crippen molar-refractivity contribution in [2.75, 3.05) is 37.6 Å². The molecule has 21 heavy (non-hydrogen) atoms. The molecule has 1 aliphatic heterocycles. The van der Waals surface area contributed by atoms with Crippen LogP contribution in [0.1, 0.15) is 38.8 Å². The molecule has 0 saturated carbocycles. The summed E-state index contributed by atoms with van der Waals surface area (Å²) in [4.78, 5) is 4.74. The second kappa shape index (κ2) is 6.77. The number of hydrogen-bond donors (Lipinski definition) is 2. The number of piperazine rings is 1. The maximum atomic E-state index is 9.89. The summed E-state index contributed by atoms with van der Waals surface area (Å²) < 4.78 is 0. The van der Waals surface area contributed by atoms with Crippen LogP contribution in [0, 0.1) is 0 Å². The molecule has 0 spiro atoms. The standard InChI is InChI=1S/C17H29N3O/c1-4-16(18)14-5-7-15(8-6-14)20-11-9-19(10-12-20)13-17(2,3)21/h5-8,16,21H,4,9-13,18H2,1-3H3/t16-/m1/s1. The second-order valence-corrected chi connectivity index (χ2v) is 6.68. The van der Waals surface area contributed by atoms with Gasteiger partial charge in [-0.3, -0.25) is 4.90 Å². The molecule has 0 aromatic heterocycles. The molecule has 0 aliphatic carbocycles. The summed E-state index contributed by atoms with van der Waals surface area (Å²) >= 11 is 0. The summed E-state index contributed by atoms with van der Waals surface area (Å²) in [6, 6.07) is 8.79. The van der Waals surface area contributed by atoms with Crippen molar-refractivity contribution in [3.05, 3.63) is 29.8 Å². The summed E-state index contributed by atoms with van der Waals surface area (Å²) in [7, 11) is 0. The molecule has 0 unspecified atom stereocenters. The van der Waals surface area contributed by atoms with E-state index in [1.807, 2.05) is 13.8 Å². The van der Waals surface area contributed by atoms with E-state index in [2.05, 4.69) is 41.0 Å². The zero-order valence-electron chi connectivity index (χ0n) is 13.5. The van der Waals surface area contributed by atoms with Gasteiger partial charge in [-0.05, 0) is 38.0 Å². The van der Waals surface area contributed by atoms with E-state index >= 15 is 0 Å². The van der Waals surface area contributed by atoms with Crippen molar-refractivity contribution in [1.82, 2.24) is 4.90 Å². The van der Waals surface area contributed by atoms with E-state index < -0.39 is 5.60 Å². The van der Waals surface area contributed by atoms with Crippen LogP contribution in [0.4, 0.5) is 5.69 Å². The van der Waals surface area contributed by atoms with Crippen molar-refractivity contribution in [1.29, 1.82) is 0 Å². The van der Waals surface area contributed by atoms with Gasteiger partial charge >= 0.3 is 0 Å². The molecule has 0 bridgehead atoms. The molecule has 4 heteroatoms. The molecular weight excluding hydrogens is 262 g/mol. The van der Waals surface area contributed by atoms with E-state index in [1.165, 1.54) is 11.3 Å². The van der Waals surface area contributed by atoms with Crippen LogP contribution in [0.5, 0.6) is 0 Å². The number of β-amino-alcohol motifs (C(OH)–C–C–N with tert-alkyl or cyclic N) is 1. The molecule has 1 fully saturated rings. The third-order valence-corrected chi connectivity index (χ3v) is 4.11. The van der Waals surface area contributed by atoms with Crippen LogP contribution in [0.3, 0.4) is 0 Å². The molecule has 1 heterocycles. The van der Waals surface area contributed by atoms with E-state index in [1.54, 1.807) is 0 Å². The molecule has 4 nitrogen and oxygen atoms in total. The molecule has 0 amide bonds. The molecule has 1 aromatic rings. The Balaban J connectivity index is 1.90. The molecular formula is C17H29N3O. The number of rotatable bonds is 5. The number of anilines is 1. The predicted octanol–water partition coefficient (Wildman–Crippen LogP) is 1.99. The van der Waals surface area contributed by atoms with Gasteiger partial charge in [-0.2, -0.15) is 0 Å². The minimum Gasteiger partial charge on any atom is -0.389 e. The SMILES string of the molecule is CC[C@@H](N)c1ccc(N2CCN(CC(C)(C)O)CC2)cc1. The van der Waals surface area contributed by atoms with E-state index in [4.69, 9.17) is 5.73 Å². The van der Waals surface area contributed by atoms with Crippen LogP contribution in [0.2, 0.25) is 0 Å². The van der Waals surface area contributed by atoms with Crippen molar-refractivity contribution in [2.24, 2.45) is 5.73 Å². The van der Waals surface area contributed by atoms with E-state index in [-0.39, 0.29) is 6.04 Å². The Morgan fingerprint density at radius 3 is 2.19 bits per heavy atom. The second-order valence-electron chi connectivity index (χ2n) is 6.68. The number of hydrogen-bond acceptors (Lipinski definition) is 4. The Morgan fingerprint density at radius 1 is 1.14 bits per heavy atom. The van der Waals surface area contributed by atoms with Crippen LogP contribution in [-0.2, 0) is 0 Å². The number of nitrogens with zero attached hydrogens (tertiary/aromatic N) is 2. The van der Waals surface area contributed by atoms with E-state index in [0.717, 1.165) is 39.1 Å². The maximum Gasteiger partial charge on any atom is 0.0718 e. The Kier molecular flexibility index (Phi) is 5.25. The highest BCUT2D eigenvalue weighted by Gasteiger charge is 2.22. The summed E-state index contributed by atoms with van der Waals surface area (Å²) in [5.74, 6) is 0. The smallest absolute Gasteiger partial charge is 0.0718 e. The Labute approximate surface area is 128 Å². The lowest BCUT2D eigenvalue weighted by molar-refractivity contribution is 0.0345. The zero-order chi connectivity index (χ0) is 15.5. The largest absolute Gasteiger partial charge is 0.389 e. The lowest BCUT2D eigenvalue weighted by atomic mass is 10.0. The van der Waals surface area contributed by atoms with Gasteiger partial charge in [0.25, 0.3) is 0 Å². The van der Waals surface area contributed by atoms with Crippen molar-refractivity contribution < 1.29 is 5.11 Å². The van der Waals surface area contributed by atoms with Gasteiger partial charge in [-0.15, -0.1) is 0 Å². The van der Waals surface area contributed by atoms with Crippen molar-refractivity contribution in [3.8, 4) is 0 Å². The Hall–Kier alpha value is -1.10. The summed E-state index contributed by atoms with van der Waals surface area (Å²) in [5, 5.41) is 9.89. The normalized spacial score (nSPS) is 18.8. The highest BCUT2D eigenvalue weighted by atomic mass is 16.3. The molecule has 0 radical (unpaired) electrons. The highest BCUT2D eigenvalue weighted by Crippen LogP contribution is 2.21. The summed E-state index contributed by atoms with van der Waals surface area (Å²) in [6.07, 6.45) is 0.967. The van der Waals surface area contributed by atoms with Gasteiger partial charge in [0.15, 0.2) is 0 Å². The van der Waals surface area contributed by atoms with E-state index in [0.29, 0.717) is 0 Å². The highest BCUT2D eigenvalue weighted by molar-refractivity contribution is 5.48. The van der Waals surface area contributed by atoms with Crippen molar-refractivity contribution >= 4 is 5.69 Å². The minimum absolute atomic E-state index is 0.141. The Morgan fingerprint density at radius 2 is 1.71 bits per heavy atom. The fourth-order valence-electron chi connectivity index (χ4n) is 2.88. The van der Waals surface area contributed by atoms with Crippen molar-refractivity contribution in [3.63, 3.8) is 0 Å². The monoisotopic (exact) mass is 291 g/mol. The average molecular weight is 291 g/mol. The first-order valence-electron chi connectivity index (χ1n) is 7.94. The fourth-order valence-corrected chi connectivity index (χ4v) is 2.88. The first-order valence-corrected chi connectivity index (χ1v) is 7.94. The molecule has 1 saturated heterocycles. The first-order chi connectivity index (χ1) is 9.89. The summed E-state index contributed by atoms with van der Waals surface area (Å²) in [6.45, 7) is 10.6. The van der Waals surface area contributed by atoms with E-state index in [9.17, 15) is 5.11 Å². The minimum atomic E-state index is -0.611. The number of benzene rings is 1. The molecule has 118 valence electrons. The molecule has 1 aromatic carbocycles. The number of nitrogens with two attached hydrogens (primary N) is 1. The van der Waals surface area contributed by atoms with Crippen LogP contribution < -0.4 is 10.6 Å². The lowest BCUT2D eigenvalue weighted by Gasteiger charge is -2.38. The van der Waals surface area contributed by atoms with Gasteiger partial charge in [0.2, 0.25) is 0 Å². The summed E-state index contributed by atoms with van der Waals surface area (Å²) in [5.41, 5.74) is 7.92. The third kappa shape index (κ3) is 4.70. The van der Waals surface area contributed by atoms with Gasteiger partial charge in [0.05, 0.1) is 5.60 Å².